The fourth-order valence-electron chi connectivity index (χ4n) is 2.58. The molecular weight excluding hydrogens is 247 g/mol. The number of carboxylic acids is 1. The molecule has 98 valence electrons. The first-order valence-electron chi connectivity index (χ1n) is 6.18. The van der Waals surface area contributed by atoms with E-state index in [-0.39, 0.29) is 17.4 Å². The maximum atomic E-state index is 12.9. The van der Waals surface area contributed by atoms with Crippen LogP contribution < -0.4 is 0 Å². The highest BCUT2D eigenvalue weighted by molar-refractivity contribution is 5.96. The third kappa shape index (κ3) is 1.82. The van der Waals surface area contributed by atoms with Gasteiger partial charge in [-0.3, -0.25) is 4.68 Å². The van der Waals surface area contributed by atoms with Crippen LogP contribution in [0.15, 0.2) is 24.3 Å². The summed E-state index contributed by atoms with van der Waals surface area (Å²) in [5.41, 5.74) is 2.07. The smallest absolute Gasteiger partial charge is 0.339 e. The summed E-state index contributed by atoms with van der Waals surface area (Å²) in [6.45, 7) is 2.02. The van der Waals surface area contributed by atoms with Gasteiger partial charge in [0.15, 0.2) is 0 Å². The van der Waals surface area contributed by atoms with Crippen molar-refractivity contribution in [3.8, 4) is 11.3 Å². The Morgan fingerprint density at radius 2 is 2.11 bits per heavy atom. The van der Waals surface area contributed by atoms with Crippen LogP contribution in [-0.4, -0.2) is 20.9 Å². The van der Waals surface area contributed by atoms with Crippen molar-refractivity contribution in [1.82, 2.24) is 9.78 Å². The first kappa shape index (κ1) is 11.9. The second-order valence-electron chi connectivity index (χ2n) is 4.81. The first-order chi connectivity index (χ1) is 9.08. The predicted octanol–water partition coefficient (Wildman–Crippen LogP) is 2.89. The van der Waals surface area contributed by atoms with Crippen LogP contribution in [0.3, 0.4) is 0 Å². The molecule has 0 spiro atoms. The van der Waals surface area contributed by atoms with E-state index in [2.05, 4.69) is 5.10 Å². The monoisotopic (exact) mass is 260 g/mol. The molecule has 1 aromatic carbocycles. The number of fused-ring (bicyclic) bond motifs is 1. The van der Waals surface area contributed by atoms with Gasteiger partial charge in [0.05, 0.1) is 5.69 Å². The molecule has 1 aliphatic heterocycles. The molecule has 0 amide bonds. The maximum absolute atomic E-state index is 12.9. The topological polar surface area (TPSA) is 55.1 Å². The molecule has 5 heteroatoms. The molecular formula is C14H13FN2O2. The van der Waals surface area contributed by atoms with Gasteiger partial charge < -0.3 is 5.11 Å². The van der Waals surface area contributed by atoms with Gasteiger partial charge in [-0.1, -0.05) is 0 Å². The van der Waals surface area contributed by atoms with Gasteiger partial charge in [-0.05, 0) is 44.0 Å². The number of carboxylic acid groups (broad SMARTS) is 1. The maximum Gasteiger partial charge on any atom is 0.339 e. The summed E-state index contributed by atoms with van der Waals surface area (Å²) < 4.78 is 14.7. The Hall–Kier alpha value is -2.17. The number of nitrogens with zero attached hydrogens (tertiary/aromatic N) is 2. The molecule has 0 saturated heterocycles. The Labute approximate surface area is 109 Å². The molecule has 1 aromatic heterocycles. The van der Waals surface area contributed by atoms with E-state index in [9.17, 15) is 14.3 Å². The van der Waals surface area contributed by atoms with Crippen LogP contribution in [0.4, 0.5) is 4.39 Å². The summed E-state index contributed by atoms with van der Waals surface area (Å²) >= 11 is 0. The third-order valence-corrected chi connectivity index (χ3v) is 3.56. The number of halogens is 1. The fraction of sp³-hybridized carbons (Fsp3) is 0.286. The Balaban J connectivity index is 2.19. The summed E-state index contributed by atoms with van der Waals surface area (Å²) in [6.07, 6.45) is 1.63. The quantitative estimate of drug-likeness (QED) is 0.903. The second-order valence-corrected chi connectivity index (χ2v) is 4.81. The van der Waals surface area contributed by atoms with E-state index < -0.39 is 5.97 Å². The Bertz CT molecular complexity index is 646. The van der Waals surface area contributed by atoms with Crippen molar-refractivity contribution >= 4 is 5.97 Å². The lowest BCUT2D eigenvalue weighted by Crippen LogP contribution is -2.02. The average molecular weight is 260 g/mol. The minimum Gasteiger partial charge on any atom is -0.478 e. The van der Waals surface area contributed by atoms with Gasteiger partial charge in [0.1, 0.15) is 17.1 Å². The normalized spacial score (nSPS) is 17.5. The van der Waals surface area contributed by atoms with Gasteiger partial charge in [-0.25, -0.2) is 9.18 Å². The SMILES string of the molecule is CC1CCc2c(C(=O)O)c(-c3ccc(F)cc3)nn21. The molecule has 2 heterocycles. The van der Waals surface area contributed by atoms with Crippen molar-refractivity contribution in [3.05, 3.63) is 41.3 Å². The Morgan fingerprint density at radius 3 is 2.74 bits per heavy atom. The van der Waals surface area contributed by atoms with Gasteiger partial charge in [0.25, 0.3) is 0 Å². The van der Waals surface area contributed by atoms with E-state index in [4.69, 9.17) is 0 Å². The number of rotatable bonds is 2. The number of hydrogen-bond acceptors (Lipinski definition) is 2. The zero-order valence-electron chi connectivity index (χ0n) is 10.4. The standard InChI is InChI=1S/C14H13FN2O2/c1-8-2-7-11-12(14(18)19)13(16-17(8)11)9-3-5-10(15)6-4-9/h3-6,8H,2,7H2,1H3,(H,18,19). The zero-order valence-corrected chi connectivity index (χ0v) is 10.4. The average Bonchev–Trinajstić information content (AvgIpc) is 2.90. The lowest BCUT2D eigenvalue weighted by Gasteiger charge is -2.03. The molecule has 1 atom stereocenters. The second kappa shape index (κ2) is 4.19. The molecule has 1 unspecified atom stereocenters. The first-order valence-corrected chi connectivity index (χ1v) is 6.18. The van der Waals surface area contributed by atoms with Crippen molar-refractivity contribution in [2.45, 2.75) is 25.8 Å². The van der Waals surface area contributed by atoms with Crippen molar-refractivity contribution in [2.24, 2.45) is 0 Å². The predicted molar refractivity (Wildman–Crippen MR) is 67.6 cm³/mol. The Morgan fingerprint density at radius 1 is 1.42 bits per heavy atom. The molecule has 0 radical (unpaired) electrons. The van der Waals surface area contributed by atoms with Crippen LogP contribution in [0, 0.1) is 5.82 Å². The molecule has 4 nitrogen and oxygen atoms in total. The molecule has 3 rings (SSSR count). The largest absolute Gasteiger partial charge is 0.478 e. The van der Waals surface area contributed by atoms with Gasteiger partial charge in [-0.15, -0.1) is 0 Å². The van der Waals surface area contributed by atoms with Gasteiger partial charge in [0.2, 0.25) is 0 Å². The van der Waals surface area contributed by atoms with Gasteiger partial charge >= 0.3 is 5.97 Å². The molecule has 19 heavy (non-hydrogen) atoms. The van der Waals surface area contributed by atoms with Crippen LogP contribution in [0.25, 0.3) is 11.3 Å². The van der Waals surface area contributed by atoms with E-state index in [0.717, 1.165) is 18.5 Å². The van der Waals surface area contributed by atoms with Crippen LogP contribution in [0.1, 0.15) is 35.4 Å². The molecule has 0 saturated carbocycles. The molecule has 1 aliphatic rings. The zero-order chi connectivity index (χ0) is 13.6. The van der Waals surface area contributed by atoms with Gasteiger partial charge in [-0.2, -0.15) is 5.10 Å². The summed E-state index contributed by atoms with van der Waals surface area (Å²) in [6, 6.07) is 5.96. The lowest BCUT2D eigenvalue weighted by atomic mass is 10.0. The molecule has 0 fully saturated rings. The van der Waals surface area contributed by atoms with Crippen LogP contribution in [-0.2, 0) is 6.42 Å². The van der Waals surface area contributed by atoms with Crippen molar-refractivity contribution < 1.29 is 14.3 Å². The highest BCUT2D eigenvalue weighted by Crippen LogP contribution is 2.33. The highest BCUT2D eigenvalue weighted by atomic mass is 19.1. The van der Waals surface area contributed by atoms with Crippen molar-refractivity contribution in [3.63, 3.8) is 0 Å². The number of benzene rings is 1. The van der Waals surface area contributed by atoms with E-state index in [1.54, 1.807) is 16.8 Å². The lowest BCUT2D eigenvalue weighted by molar-refractivity contribution is 0.0696. The van der Waals surface area contributed by atoms with Crippen LogP contribution in [0.2, 0.25) is 0 Å². The summed E-state index contributed by atoms with van der Waals surface area (Å²) in [5.74, 6) is -1.32. The Kier molecular flexibility index (Phi) is 2.62. The van der Waals surface area contributed by atoms with Crippen LogP contribution >= 0.6 is 0 Å². The van der Waals surface area contributed by atoms with E-state index in [1.165, 1.54) is 12.1 Å². The van der Waals surface area contributed by atoms with Crippen LogP contribution in [0.5, 0.6) is 0 Å². The van der Waals surface area contributed by atoms with E-state index >= 15 is 0 Å². The minimum absolute atomic E-state index is 0.210. The number of carbonyl (C=O) groups is 1. The number of hydrogen-bond donors (Lipinski definition) is 1. The molecule has 1 N–H and O–H groups in total. The van der Waals surface area contributed by atoms with Gasteiger partial charge in [0, 0.05) is 11.6 Å². The summed E-state index contributed by atoms with van der Waals surface area (Å²) in [4.78, 5) is 11.5. The van der Waals surface area contributed by atoms with E-state index in [1.807, 2.05) is 6.92 Å². The summed E-state index contributed by atoms with van der Waals surface area (Å²) in [7, 11) is 0. The number of aromatic carboxylic acids is 1. The van der Waals surface area contributed by atoms with Crippen molar-refractivity contribution in [2.75, 3.05) is 0 Å². The highest BCUT2D eigenvalue weighted by Gasteiger charge is 2.30. The minimum atomic E-state index is -0.977. The summed E-state index contributed by atoms with van der Waals surface area (Å²) in [5, 5.41) is 13.8. The van der Waals surface area contributed by atoms with E-state index in [0.29, 0.717) is 11.3 Å². The number of aromatic nitrogens is 2. The molecule has 0 bridgehead atoms. The van der Waals surface area contributed by atoms with Crippen molar-refractivity contribution in [1.29, 1.82) is 0 Å². The molecule has 0 aliphatic carbocycles. The fourth-order valence-corrected chi connectivity index (χ4v) is 2.58. The third-order valence-electron chi connectivity index (χ3n) is 3.56. The molecule has 2 aromatic rings.